The number of benzene rings is 1. The van der Waals surface area contributed by atoms with Gasteiger partial charge in [-0.2, -0.15) is 0 Å². The first kappa shape index (κ1) is 16.9. The van der Waals surface area contributed by atoms with Crippen LogP contribution in [0.5, 0.6) is 11.5 Å². The van der Waals surface area contributed by atoms with E-state index in [1.54, 1.807) is 12.7 Å². The van der Waals surface area contributed by atoms with Crippen molar-refractivity contribution in [3.63, 3.8) is 0 Å². The Labute approximate surface area is 134 Å². The average Bonchev–Trinajstić information content (AvgIpc) is 2.58. The van der Waals surface area contributed by atoms with Crippen molar-refractivity contribution < 1.29 is 9.47 Å². The van der Waals surface area contributed by atoms with Gasteiger partial charge >= 0.3 is 0 Å². The fraction of sp³-hybridized carbons (Fsp3) is 0.579. The maximum Gasteiger partial charge on any atom is 0.161 e. The second-order valence-corrected chi connectivity index (χ2v) is 5.87. The van der Waals surface area contributed by atoms with E-state index in [4.69, 9.17) is 9.47 Å². The molecule has 1 aliphatic carbocycles. The normalized spacial score (nSPS) is 14.5. The summed E-state index contributed by atoms with van der Waals surface area (Å²) in [6.07, 6.45) is 9.89. The number of allylic oxidation sites excluding steroid dienone is 1. The van der Waals surface area contributed by atoms with Crippen molar-refractivity contribution in [3.8, 4) is 11.5 Å². The van der Waals surface area contributed by atoms with Crippen molar-refractivity contribution in [2.45, 2.75) is 52.0 Å². The summed E-state index contributed by atoms with van der Waals surface area (Å²) in [4.78, 5) is 0. The summed E-state index contributed by atoms with van der Waals surface area (Å²) in [6.45, 7) is 4.75. The minimum atomic E-state index is 0.725. The van der Waals surface area contributed by atoms with Gasteiger partial charge in [0.25, 0.3) is 0 Å². The number of methoxy groups -OCH3 is 1. The quantitative estimate of drug-likeness (QED) is 0.539. The maximum absolute atomic E-state index is 5.68. The van der Waals surface area contributed by atoms with Crippen LogP contribution >= 0.6 is 0 Å². The lowest BCUT2D eigenvalue weighted by atomic mass is 9.97. The van der Waals surface area contributed by atoms with Gasteiger partial charge in [-0.25, -0.2) is 0 Å². The zero-order chi connectivity index (χ0) is 15.6. The van der Waals surface area contributed by atoms with Crippen LogP contribution in [0, 0.1) is 0 Å². The fourth-order valence-corrected chi connectivity index (χ4v) is 2.77. The molecule has 0 bridgehead atoms. The van der Waals surface area contributed by atoms with Crippen LogP contribution in [-0.4, -0.2) is 20.3 Å². The van der Waals surface area contributed by atoms with Gasteiger partial charge in [0.05, 0.1) is 13.7 Å². The van der Waals surface area contributed by atoms with Crippen LogP contribution in [0.1, 0.15) is 51.0 Å². The highest BCUT2D eigenvalue weighted by molar-refractivity contribution is 5.42. The number of nitrogens with one attached hydrogen (secondary N) is 1. The van der Waals surface area contributed by atoms with Crippen molar-refractivity contribution in [2.75, 3.05) is 20.3 Å². The molecule has 1 aromatic carbocycles. The number of hydrogen-bond donors (Lipinski definition) is 1. The minimum absolute atomic E-state index is 0.725. The number of ether oxygens (including phenoxy) is 2. The van der Waals surface area contributed by atoms with Gasteiger partial charge < -0.3 is 14.8 Å². The van der Waals surface area contributed by atoms with Crippen molar-refractivity contribution in [2.24, 2.45) is 0 Å². The second kappa shape index (κ2) is 9.52. The second-order valence-electron chi connectivity index (χ2n) is 5.87. The molecule has 0 atom stereocenters. The molecule has 0 fully saturated rings. The van der Waals surface area contributed by atoms with E-state index in [1.807, 2.05) is 6.07 Å². The Kier molecular flexibility index (Phi) is 7.31. The van der Waals surface area contributed by atoms with Crippen molar-refractivity contribution in [1.29, 1.82) is 0 Å². The van der Waals surface area contributed by atoms with Gasteiger partial charge in [-0.15, -0.1) is 0 Å². The molecule has 0 amide bonds. The molecule has 0 spiro atoms. The predicted octanol–water partition coefficient (Wildman–Crippen LogP) is 4.46. The predicted molar refractivity (Wildman–Crippen MR) is 91.7 cm³/mol. The summed E-state index contributed by atoms with van der Waals surface area (Å²) in [5, 5.41) is 3.53. The molecule has 0 unspecified atom stereocenters. The molecule has 0 heterocycles. The van der Waals surface area contributed by atoms with E-state index < -0.39 is 0 Å². The summed E-state index contributed by atoms with van der Waals surface area (Å²) >= 11 is 0. The Hall–Kier alpha value is -1.48. The van der Waals surface area contributed by atoms with Gasteiger partial charge in [-0.05, 0) is 62.8 Å². The molecular formula is C19H29NO2. The summed E-state index contributed by atoms with van der Waals surface area (Å²) in [5.74, 6) is 1.66. The topological polar surface area (TPSA) is 30.5 Å². The maximum atomic E-state index is 5.68. The van der Waals surface area contributed by atoms with E-state index in [2.05, 4.69) is 30.4 Å². The molecule has 3 nitrogen and oxygen atoms in total. The van der Waals surface area contributed by atoms with Crippen LogP contribution in [0.3, 0.4) is 0 Å². The molecule has 0 saturated carbocycles. The van der Waals surface area contributed by atoms with E-state index >= 15 is 0 Å². The fourth-order valence-electron chi connectivity index (χ4n) is 2.77. The highest BCUT2D eigenvalue weighted by Gasteiger charge is 2.06. The van der Waals surface area contributed by atoms with Crippen LogP contribution in [0.4, 0.5) is 0 Å². The minimum Gasteiger partial charge on any atom is -0.493 e. The van der Waals surface area contributed by atoms with Gasteiger partial charge in [0.1, 0.15) is 0 Å². The highest BCUT2D eigenvalue weighted by atomic mass is 16.5. The van der Waals surface area contributed by atoms with Crippen LogP contribution in [-0.2, 0) is 6.54 Å². The van der Waals surface area contributed by atoms with E-state index in [-0.39, 0.29) is 0 Å². The van der Waals surface area contributed by atoms with E-state index in [0.29, 0.717) is 0 Å². The lowest BCUT2D eigenvalue weighted by Gasteiger charge is -2.14. The molecule has 1 N–H and O–H groups in total. The number of hydrogen-bond acceptors (Lipinski definition) is 3. The third-order valence-corrected chi connectivity index (χ3v) is 4.03. The summed E-state index contributed by atoms with van der Waals surface area (Å²) in [6, 6.07) is 6.19. The Balaban J connectivity index is 1.78. The first-order valence-corrected chi connectivity index (χ1v) is 8.52. The molecule has 2 rings (SSSR count). The standard InChI is InChI=1S/C19H29NO2/c1-3-13-22-18-10-9-17(14-19(18)21-2)15-20-12-11-16-7-5-4-6-8-16/h7,9-10,14,20H,3-6,8,11-13,15H2,1-2H3. The Morgan fingerprint density at radius 1 is 1.18 bits per heavy atom. The zero-order valence-corrected chi connectivity index (χ0v) is 14.0. The monoisotopic (exact) mass is 303 g/mol. The van der Waals surface area contributed by atoms with E-state index in [9.17, 15) is 0 Å². The van der Waals surface area contributed by atoms with Gasteiger partial charge in [-0.1, -0.05) is 24.6 Å². The zero-order valence-electron chi connectivity index (χ0n) is 14.0. The van der Waals surface area contributed by atoms with Crippen LogP contribution in [0.15, 0.2) is 29.8 Å². The SMILES string of the molecule is CCCOc1ccc(CNCCC2=CCCCC2)cc1OC. The molecule has 1 aliphatic rings. The lowest BCUT2D eigenvalue weighted by molar-refractivity contribution is 0.294. The van der Waals surface area contributed by atoms with Crippen molar-refractivity contribution in [3.05, 3.63) is 35.4 Å². The molecule has 0 saturated heterocycles. The summed E-state index contributed by atoms with van der Waals surface area (Å²) in [7, 11) is 1.70. The Bertz CT molecular complexity index is 482. The van der Waals surface area contributed by atoms with Crippen molar-refractivity contribution in [1.82, 2.24) is 5.32 Å². The van der Waals surface area contributed by atoms with Gasteiger partial charge in [0, 0.05) is 6.54 Å². The third kappa shape index (κ3) is 5.38. The van der Waals surface area contributed by atoms with Gasteiger partial charge in [0.15, 0.2) is 11.5 Å². The smallest absolute Gasteiger partial charge is 0.161 e. The molecule has 0 aromatic heterocycles. The molecule has 22 heavy (non-hydrogen) atoms. The van der Waals surface area contributed by atoms with Crippen LogP contribution < -0.4 is 14.8 Å². The van der Waals surface area contributed by atoms with Gasteiger partial charge in [-0.3, -0.25) is 0 Å². The third-order valence-electron chi connectivity index (χ3n) is 4.03. The molecule has 1 aromatic rings. The lowest BCUT2D eigenvalue weighted by Crippen LogP contribution is -2.15. The van der Waals surface area contributed by atoms with Crippen LogP contribution in [0.2, 0.25) is 0 Å². The Morgan fingerprint density at radius 2 is 2.09 bits per heavy atom. The first-order valence-electron chi connectivity index (χ1n) is 8.52. The molecular weight excluding hydrogens is 274 g/mol. The van der Waals surface area contributed by atoms with Gasteiger partial charge in [0.2, 0.25) is 0 Å². The summed E-state index contributed by atoms with van der Waals surface area (Å²) in [5.41, 5.74) is 2.86. The highest BCUT2D eigenvalue weighted by Crippen LogP contribution is 2.28. The molecule has 122 valence electrons. The summed E-state index contributed by atoms with van der Waals surface area (Å²) < 4.78 is 11.1. The van der Waals surface area contributed by atoms with E-state index in [1.165, 1.54) is 37.7 Å². The number of rotatable bonds is 9. The van der Waals surface area contributed by atoms with E-state index in [0.717, 1.165) is 37.6 Å². The first-order chi connectivity index (χ1) is 10.8. The average molecular weight is 303 g/mol. The largest absolute Gasteiger partial charge is 0.493 e. The van der Waals surface area contributed by atoms with Crippen LogP contribution in [0.25, 0.3) is 0 Å². The molecule has 0 aliphatic heterocycles. The molecule has 3 heteroatoms. The molecule has 0 radical (unpaired) electrons. The van der Waals surface area contributed by atoms with Crippen molar-refractivity contribution >= 4 is 0 Å². The Morgan fingerprint density at radius 3 is 2.82 bits per heavy atom.